The number of fused-ring (bicyclic) bond motifs is 1. The van der Waals surface area contributed by atoms with E-state index in [1.54, 1.807) is 12.1 Å². The van der Waals surface area contributed by atoms with Gasteiger partial charge >= 0.3 is 0 Å². The number of thiophene rings is 1. The zero-order valence-corrected chi connectivity index (χ0v) is 14.8. The summed E-state index contributed by atoms with van der Waals surface area (Å²) in [6, 6.07) is 11.6. The van der Waals surface area contributed by atoms with Crippen molar-refractivity contribution in [2.24, 2.45) is 0 Å². The van der Waals surface area contributed by atoms with Crippen molar-refractivity contribution in [3.8, 4) is 0 Å². The van der Waals surface area contributed by atoms with Crippen molar-refractivity contribution in [2.45, 2.75) is 30.2 Å². The van der Waals surface area contributed by atoms with Crippen LogP contribution < -0.4 is 5.32 Å². The second kappa shape index (κ2) is 7.51. The highest BCUT2D eigenvalue weighted by atomic mass is 35.5. The lowest BCUT2D eigenvalue weighted by Gasteiger charge is -2.25. The van der Waals surface area contributed by atoms with Gasteiger partial charge in [-0.2, -0.15) is 0 Å². The molecular formula is C17H16ClNO2S2. The lowest BCUT2D eigenvalue weighted by Crippen LogP contribution is -2.30. The number of Topliss-reactive ketones (excluding diaryl/α,β-unsaturated/α-hetero) is 1. The smallest absolute Gasteiger partial charge is 0.220 e. The summed E-state index contributed by atoms with van der Waals surface area (Å²) in [4.78, 5) is 26.0. The maximum Gasteiger partial charge on any atom is 0.220 e. The molecule has 0 fully saturated rings. The molecule has 0 unspecified atom stereocenters. The Labute approximate surface area is 148 Å². The van der Waals surface area contributed by atoms with Gasteiger partial charge in [-0.25, -0.2) is 0 Å². The van der Waals surface area contributed by atoms with Crippen molar-refractivity contribution in [3.05, 3.63) is 51.2 Å². The summed E-state index contributed by atoms with van der Waals surface area (Å²) >= 11 is 8.91. The second-order valence-corrected chi connectivity index (χ2v) is 8.17. The Morgan fingerprint density at radius 2 is 2.00 bits per heavy atom. The molecule has 1 aromatic carbocycles. The molecule has 3 rings (SSSR count). The lowest BCUT2D eigenvalue weighted by atomic mass is 10.0. The van der Waals surface area contributed by atoms with Crippen LogP contribution in [-0.4, -0.2) is 17.4 Å². The Hall–Kier alpha value is -1.30. The largest absolute Gasteiger partial charge is 0.349 e. The number of carbonyl (C=O) groups is 2. The minimum Gasteiger partial charge on any atom is -0.349 e. The molecule has 3 nitrogen and oxygen atoms in total. The molecule has 1 aliphatic heterocycles. The number of nitrogens with one attached hydrogen (secondary N) is 1. The van der Waals surface area contributed by atoms with E-state index >= 15 is 0 Å². The van der Waals surface area contributed by atoms with Crippen LogP contribution in [0.2, 0.25) is 4.34 Å². The van der Waals surface area contributed by atoms with Crippen LogP contribution in [0, 0.1) is 0 Å². The van der Waals surface area contributed by atoms with Gasteiger partial charge in [0.15, 0.2) is 5.78 Å². The fourth-order valence-electron chi connectivity index (χ4n) is 2.57. The molecule has 23 heavy (non-hydrogen) atoms. The van der Waals surface area contributed by atoms with Gasteiger partial charge in [-0.3, -0.25) is 9.59 Å². The van der Waals surface area contributed by atoms with Crippen molar-refractivity contribution in [1.82, 2.24) is 5.32 Å². The van der Waals surface area contributed by atoms with Crippen molar-refractivity contribution >= 4 is 46.4 Å². The van der Waals surface area contributed by atoms with Crippen LogP contribution in [0.3, 0.4) is 0 Å². The van der Waals surface area contributed by atoms with E-state index in [1.165, 1.54) is 21.8 Å². The standard InChI is InChI=1S/C17H16ClNO2S2/c18-16-7-6-15(23-16)13(20)5-8-17(21)19-12-9-10-22-14-4-2-1-3-11(12)14/h1-4,6-7,12H,5,8-10H2,(H,19,21)/t12-/m0/s1. The van der Waals surface area contributed by atoms with Gasteiger partial charge < -0.3 is 5.32 Å². The first-order chi connectivity index (χ1) is 11.1. The summed E-state index contributed by atoms with van der Waals surface area (Å²) < 4.78 is 0.592. The molecule has 2 aromatic rings. The predicted molar refractivity (Wildman–Crippen MR) is 95.6 cm³/mol. The SMILES string of the molecule is O=C(CCC(=O)c1ccc(Cl)s1)N[C@H]1CCSc2ccccc21. The number of thioether (sulfide) groups is 1. The molecule has 1 amide bonds. The maximum atomic E-state index is 12.2. The summed E-state index contributed by atoms with van der Waals surface area (Å²) in [6.45, 7) is 0. The van der Waals surface area contributed by atoms with Crippen LogP contribution in [0.4, 0.5) is 0 Å². The summed E-state index contributed by atoms with van der Waals surface area (Å²) in [5, 5.41) is 3.06. The molecule has 0 bridgehead atoms. The van der Waals surface area contributed by atoms with E-state index in [9.17, 15) is 9.59 Å². The number of ketones is 1. The van der Waals surface area contributed by atoms with Gasteiger partial charge in [0.25, 0.3) is 0 Å². The maximum absolute atomic E-state index is 12.2. The monoisotopic (exact) mass is 365 g/mol. The number of hydrogen-bond acceptors (Lipinski definition) is 4. The summed E-state index contributed by atoms with van der Waals surface area (Å²) in [5.74, 6) is 0.888. The van der Waals surface area contributed by atoms with Crippen molar-refractivity contribution in [1.29, 1.82) is 0 Å². The third-order valence-electron chi connectivity index (χ3n) is 3.72. The topological polar surface area (TPSA) is 46.2 Å². The van der Waals surface area contributed by atoms with Crippen LogP contribution in [0.15, 0.2) is 41.3 Å². The molecule has 120 valence electrons. The van der Waals surface area contributed by atoms with E-state index in [0.29, 0.717) is 9.21 Å². The highest BCUT2D eigenvalue weighted by Gasteiger charge is 2.22. The van der Waals surface area contributed by atoms with Crippen LogP contribution >= 0.6 is 34.7 Å². The molecular weight excluding hydrogens is 350 g/mol. The summed E-state index contributed by atoms with van der Waals surface area (Å²) in [7, 11) is 0. The van der Waals surface area contributed by atoms with E-state index in [4.69, 9.17) is 11.6 Å². The Morgan fingerprint density at radius 1 is 1.17 bits per heavy atom. The molecule has 1 aliphatic rings. The van der Waals surface area contributed by atoms with E-state index < -0.39 is 0 Å². The fourth-order valence-corrected chi connectivity index (χ4v) is 4.71. The zero-order valence-electron chi connectivity index (χ0n) is 12.4. The van der Waals surface area contributed by atoms with Crippen molar-refractivity contribution < 1.29 is 9.59 Å². The number of carbonyl (C=O) groups excluding carboxylic acids is 2. The second-order valence-electron chi connectivity index (χ2n) is 5.32. The number of halogens is 1. The summed E-state index contributed by atoms with van der Waals surface area (Å²) in [5.41, 5.74) is 1.17. The number of benzene rings is 1. The molecule has 0 spiro atoms. The Balaban J connectivity index is 1.55. The first-order valence-electron chi connectivity index (χ1n) is 7.43. The Morgan fingerprint density at radius 3 is 2.78 bits per heavy atom. The third-order valence-corrected chi connectivity index (χ3v) is 6.12. The van der Waals surface area contributed by atoms with Crippen LogP contribution in [0.1, 0.15) is 40.5 Å². The van der Waals surface area contributed by atoms with Gasteiger partial charge in [0.2, 0.25) is 5.91 Å². The normalized spacial score (nSPS) is 16.7. The molecule has 2 heterocycles. The van der Waals surface area contributed by atoms with Crippen molar-refractivity contribution in [2.75, 3.05) is 5.75 Å². The summed E-state index contributed by atoms with van der Waals surface area (Å²) in [6.07, 6.45) is 1.34. The lowest BCUT2D eigenvalue weighted by molar-refractivity contribution is -0.121. The minimum atomic E-state index is -0.0762. The van der Waals surface area contributed by atoms with Gasteiger partial charge in [0.1, 0.15) is 0 Å². The average Bonchev–Trinajstić information content (AvgIpc) is 2.99. The first kappa shape index (κ1) is 16.6. The highest BCUT2D eigenvalue weighted by Crippen LogP contribution is 2.35. The van der Waals surface area contributed by atoms with Crippen LogP contribution in [-0.2, 0) is 4.79 Å². The molecule has 6 heteroatoms. The molecule has 0 radical (unpaired) electrons. The minimum absolute atomic E-state index is 0.0309. The third kappa shape index (κ3) is 4.16. The van der Waals surface area contributed by atoms with Gasteiger partial charge in [-0.15, -0.1) is 23.1 Å². The number of hydrogen-bond donors (Lipinski definition) is 1. The van der Waals surface area contributed by atoms with Crippen LogP contribution in [0.5, 0.6) is 0 Å². The number of rotatable bonds is 5. The molecule has 0 aliphatic carbocycles. The average molecular weight is 366 g/mol. The van der Waals surface area contributed by atoms with E-state index in [0.717, 1.165) is 12.2 Å². The zero-order chi connectivity index (χ0) is 16.2. The molecule has 1 aromatic heterocycles. The van der Waals surface area contributed by atoms with E-state index in [1.807, 2.05) is 23.9 Å². The van der Waals surface area contributed by atoms with Gasteiger partial charge in [0, 0.05) is 23.5 Å². The molecule has 0 saturated heterocycles. The predicted octanol–water partition coefficient (Wildman–Crippen LogP) is 4.72. The number of amides is 1. The van der Waals surface area contributed by atoms with Gasteiger partial charge in [-0.1, -0.05) is 29.8 Å². The first-order valence-corrected chi connectivity index (χ1v) is 9.61. The van der Waals surface area contributed by atoms with Gasteiger partial charge in [0.05, 0.1) is 15.3 Å². The Kier molecular flexibility index (Phi) is 5.41. The fraction of sp³-hybridized carbons (Fsp3) is 0.294. The Bertz CT molecular complexity index is 729. The highest BCUT2D eigenvalue weighted by molar-refractivity contribution is 7.99. The van der Waals surface area contributed by atoms with Crippen molar-refractivity contribution in [3.63, 3.8) is 0 Å². The van der Waals surface area contributed by atoms with Gasteiger partial charge in [-0.05, 0) is 30.2 Å². The quantitative estimate of drug-likeness (QED) is 0.780. The van der Waals surface area contributed by atoms with Crippen LogP contribution in [0.25, 0.3) is 0 Å². The van der Waals surface area contributed by atoms with E-state index in [2.05, 4.69) is 17.4 Å². The molecule has 1 N–H and O–H groups in total. The molecule has 1 atom stereocenters. The van der Waals surface area contributed by atoms with E-state index in [-0.39, 0.29) is 30.6 Å². The molecule has 0 saturated carbocycles.